The Hall–Kier alpha value is -1.78. The first-order chi connectivity index (χ1) is 9.98. The summed E-state index contributed by atoms with van der Waals surface area (Å²) in [6.45, 7) is 1.58. The van der Waals surface area contributed by atoms with Crippen molar-refractivity contribution in [3.8, 4) is 5.75 Å². The standard InChI is InChI=1S/C16H17ClFNO2/c1-16(10-20,19-13-5-3-4-12(17)9-13)11-6-7-15(21-2)14(18)8-11/h3-9,19-20H,10H2,1-2H3. The van der Waals surface area contributed by atoms with Crippen LogP contribution in [0.25, 0.3) is 0 Å². The molecule has 0 aliphatic rings. The third kappa shape index (κ3) is 3.46. The van der Waals surface area contributed by atoms with Crippen molar-refractivity contribution in [1.82, 2.24) is 0 Å². The number of ether oxygens (including phenoxy) is 1. The third-order valence-corrected chi connectivity index (χ3v) is 3.59. The molecule has 0 aliphatic heterocycles. The van der Waals surface area contributed by atoms with Crippen LogP contribution in [0.2, 0.25) is 5.02 Å². The van der Waals surface area contributed by atoms with Crippen molar-refractivity contribution in [3.63, 3.8) is 0 Å². The lowest BCUT2D eigenvalue weighted by molar-refractivity contribution is 0.223. The Morgan fingerprint density at radius 3 is 2.62 bits per heavy atom. The van der Waals surface area contributed by atoms with Gasteiger partial charge in [-0.2, -0.15) is 0 Å². The van der Waals surface area contributed by atoms with Crippen LogP contribution in [0.15, 0.2) is 42.5 Å². The van der Waals surface area contributed by atoms with Crippen LogP contribution < -0.4 is 10.1 Å². The summed E-state index contributed by atoms with van der Waals surface area (Å²) in [6, 6.07) is 11.8. The van der Waals surface area contributed by atoms with E-state index in [1.807, 2.05) is 6.07 Å². The highest BCUT2D eigenvalue weighted by atomic mass is 35.5. The van der Waals surface area contributed by atoms with E-state index < -0.39 is 11.4 Å². The molecular weight excluding hydrogens is 293 g/mol. The fraction of sp³-hybridized carbons (Fsp3) is 0.250. The van der Waals surface area contributed by atoms with E-state index in [0.29, 0.717) is 10.6 Å². The minimum Gasteiger partial charge on any atom is -0.494 e. The van der Waals surface area contributed by atoms with Gasteiger partial charge in [-0.15, -0.1) is 0 Å². The van der Waals surface area contributed by atoms with Crippen molar-refractivity contribution in [3.05, 3.63) is 58.9 Å². The van der Waals surface area contributed by atoms with Crippen molar-refractivity contribution in [2.45, 2.75) is 12.5 Å². The normalized spacial score (nSPS) is 13.6. The average Bonchev–Trinajstić information content (AvgIpc) is 2.47. The van der Waals surface area contributed by atoms with Gasteiger partial charge >= 0.3 is 0 Å². The van der Waals surface area contributed by atoms with E-state index in [4.69, 9.17) is 16.3 Å². The quantitative estimate of drug-likeness (QED) is 0.882. The Bertz CT molecular complexity index is 635. The minimum atomic E-state index is -0.836. The van der Waals surface area contributed by atoms with Crippen molar-refractivity contribution < 1.29 is 14.2 Å². The molecule has 0 saturated heterocycles. The van der Waals surface area contributed by atoms with Gasteiger partial charge in [-0.1, -0.05) is 23.7 Å². The van der Waals surface area contributed by atoms with Crippen LogP contribution in [0.1, 0.15) is 12.5 Å². The van der Waals surface area contributed by atoms with Gasteiger partial charge in [0, 0.05) is 10.7 Å². The molecule has 2 aromatic carbocycles. The topological polar surface area (TPSA) is 41.5 Å². The molecule has 21 heavy (non-hydrogen) atoms. The molecule has 0 saturated carbocycles. The van der Waals surface area contributed by atoms with E-state index in [0.717, 1.165) is 5.69 Å². The molecule has 0 aromatic heterocycles. The van der Waals surface area contributed by atoms with Crippen molar-refractivity contribution in [2.24, 2.45) is 0 Å². The second-order valence-electron chi connectivity index (χ2n) is 4.97. The molecule has 0 amide bonds. The fourth-order valence-electron chi connectivity index (χ4n) is 2.10. The highest BCUT2D eigenvalue weighted by Gasteiger charge is 2.26. The zero-order valence-corrected chi connectivity index (χ0v) is 12.6. The Balaban J connectivity index is 2.34. The molecule has 3 nitrogen and oxygen atoms in total. The van der Waals surface area contributed by atoms with Crippen LogP contribution >= 0.6 is 11.6 Å². The number of hydrogen-bond donors (Lipinski definition) is 2. The van der Waals surface area contributed by atoms with Gasteiger partial charge < -0.3 is 15.2 Å². The maximum absolute atomic E-state index is 13.9. The number of halogens is 2. The molecule has 5 heteroatoms. The van der Waals surface area contributed by atoms with Gasteiger partial charge in [0.15, 0.2) is 11.6 Å². The van der Waals surface area contributed by atoms with E-state index in [1.54, 1.807) is 31.2 Å². The lowest BCUT2D eigenvalue weighted by Crippen LogP contribution is -2.36. The predicted octanol–water partition coefficient (Wildman–Crippen LogP) is 3.81. The summed E-state index contributed by atoms with van der Waals surface area (Å²) in [5, 5.41) is 13.5. The zero-order chi connectivity index (χ0) is 15.5. The Morgan fingerprint density at radius 2 is 2.05 bits per heavy atom. The van der Waals surface area contributed by atoms with Gasteiger partial charge in [-0.05, 0) is 42.8 Å². The summed E-state index contributed by atoms with van der Waals surface area (Å²) in [5.41, 5.74) is 0.524. The van der Waals surface area contributed by atoms with E-state index in [-0.39, 0.29) is 12.4 Å². The van der Waals surface area contributed by atoms with Crippen LogP contribution in [0, 0.1) is 5.82 Å². The summed E-state index contributed by atoms with van der Waals surface area (Å²) < 4.78 is 18.8. The SMILES string of the molecule is COc1ccc(C(C)(CO)Nc2cccc(Cl)c2)cc1F. The van der Waals surface area contributed by atoms with Crippen molar-refractivity contribution >= 4 is 17.3 Å². The molecule has 2 N–H and O–H groups in total. The molecular formula is C16H17ClFNO2. The van der Waals surface area contributed by atoms with Crippen molar-refractivity contribution in [1.29, 1.82) is 0 Å². The molecule has 1 atom stereocenters. The fourth-order valence-corrected chi connectivity index (χ4v) is 2.29. The summed E-state index contributed by atoms with van der Waals surface area (Å²) >= 11 is 5.95. The Labute approximate surface area is 128 Å². The molecule has 0 aliphatic carbocycles. The molecule has 0 radical (unpaired) electrons. The van der Waals surface area contributed by atoms with E-state index in [2.05, 4.69) is 5.32 Å². The van der Waals surface area contributed by atoms with Crippen LogP contribution in [0.3, 0.4) is 0 Å². The first kappa shape index (κ1) is 15.6. The van der Waals surface area contributed by atoms with Gasteiger partial charge in [-0.3, -0.25) is 0 Å². The highest BCUT2D eigenvalue weighted by Crippen LogP contribution is 2.29. The molecule has 1 unspecified atom stereocenters. The monoisotopic (exact) mass is 309 g/mol. The van der Waals surface area contributed by atoms with Gasteiger partial charge in [0.1, 0.15) is 0 Å². The van der Waals surface area contributed by atoms with Crippen LogP contribution in [0.5, 0.6) is 5.75 Å². The lowest BCUT2D eigenvalue weighted by Gasteiger charge is -2.31. The number of rotatable bonds is 5. The summed E-state index contributed by atoms with van der Waals surface area (Å²) in [5.74, 6) is -0.302. The first-order valence-electron chi connectivity index (χ1n) is 6.47. The number of anilines is 1. The van der Waals surface area contributed by atoms with Gasteiger partial charge in [-0.25, -0.2) is 4.39 Å². The summed E-state index contributed by atoms with van der Waals surface area (Å²) in [6.07, 6.45) is 0. The largest absolute Gasteiger partial charge is 0.494 e. The van der Waals surface area contributed by atoms with Gasteiger partial charge in [0.05, 0.1) is 19.3 Å². The van der Waals surface area contributed by atoms with Crippen LogP contribution in [-0.2, 0) is 5.54 Å². The smallest absolute Gasteiger partial charge is 0.165 e. The number of aliphatic hydroxyl groups is 1. The number of aliphatic hydroxyl groups excluding tert-OH is 1. The maximum Gasteiger partial charge on any atom is 0.165 e. The molecule has 0 heterocycles. The van der Waals surface area contributed by atoms with E-state index in [9.17, 15) is 9.50 Å². The van der Waals surface area contributed by atoms with Gasteiger partial charge in [0.2, 0.25) is 0 Å². The predicted molar refractivity (Wildman–Crippen MR) is 82.5 cm³/mol. The van der Waals surface area contributed by atoms with Crippen molar-refractivity contribution in [2.75, 3.05) is 19.0 Å². The van der Waals surface area contributed by atoms with E-state index >= 15 is 0 Å². The molecule has 2 aromatic rings. The molecule has 0 bridgehead atoms. The third-order valence-electron chi connectivity index (χ3n) is 3.35. The molecule has 112 valence electrons. The van der Waals surface area contributed by atoms with E-state index in [1.165, 1.54) is 19.2 Å². The molecule has 0 fully saturated rings. The Morgan fingerprint density at radius 1 is 1.29 bits per heavy atom. The molecule has 2 rings (SSSR count). The summed E-state index contributed by atoms with van der Waals surface area (Å²) in [7, 11) is 1.41. The summed E-state index contributed by atoms with van der Waals surface area (Å²) in [4.78, 5) is 0. The zero-order valence-electron chi connectivity index (χ0n) is 11.9. The minimum absolute atomic E-state index is 0.168. The highest BCUT2D eigenvalue weighted by molar-refractivity contribution is 6.30. The van der Waals surface area contributed by atoms with Crippen LogP contribution in [0.4, 0.5) is 10.1 Å². The first-order valence-corrected chi connectivity index (χ1v) is 6.85. The number of benzene rings is 2. The molecule has 0 spiro atoms. The van der Waals surface area contributed by atoms with Gasteiger partial charge in [0.25, 0.3) is 0 Å². The number of methoxy groups -OCH3 is 1. The van der Waals surface area contributed by atoms with Crippen LogP contribution in [-0.4, -0.2) is 18.8 Å². The Kier molecular flexibility index (Phi) is 4.70. The number of hydrogen-bond acceptors (Lipinski definition) is 3. The second-order valence-corrected chi connectivity index (χ2v) is 5.41. The second kappa shape index (κ2) is 6.33. The number of nitrogens with one attached hydrogen (secondary N) is 1. The average molecular weight is 310 g/mol. The maximum atomic E-state index is 13.9. The lowest BCUT2D eigenvalue weighted by atomic mass is 9.92.